The summed E-state index contributed by atoms with van der Waals surface area (Å²) in [5.41, 5.74) is 2.94. The maximum absolute atomic E-state index is 12.9. The van der Waals surface area contributed by atoms with Crippen molar-refractivity contribution < 1.29 is 28.2 Å². The van der Waals surface area contributed by atoms with Gasteiger partial charge in [0.05, 0.1) is 26.0 Å². The van der Waals surface area contributed by atoms with Crippen LogP contribution >= 0.6 is 0 Å². The molecular formula is C17H15FN2O5. The average Bonchev–Trinajstić information content (AvgIpc) is 2.63. The van der Waals surface area contributed by atoms with Gasteiger partial charge in [0.15, 0.2) is 11.5 Å². The number of hydrogen-bond acceptors (Lipinski definition) is 6. The van der Waals surface area contributed by atoms with Crippen LogP contribution in [-0.4, -0.2) is 32.5 Å². The number of nitrogens with one attached hydrogen (secondary N) is 1. The molecule has 0 saturated heterocycles. The second-order valence-corrected chi connectivity index (χ2v) is 4.67. The Morgan fingerprint density at radius 3 is 2.44 bits per heavy atom. The van der Waals surface area contributed by atoms with Gasteiger partial charge in [-0.15, -0.1) is 0 Å². The van der Waals surface area contributed by atoms with Gasteiger partial charge < -0.3 is 14.2 Å². The number of amides is 1. The van der Waals surface area contributed by atoms with Crippen LogP contribution in [0.25, 0.3) is 0 Å². The molecule has 130 valence electrons. The summed E-state index contributed by atoms with van der Waals surface area (Å²) in [6.45, 7) is 0. The van der Waals surface area contributed by atoms with Crippen LogP contribution in [0.15, 0.2) is 47.6 Å². The molecule has 7 nitrogen and oxygen atoms in total. The van der Waals surface area contributed by atoms with Gasteiger partial charge in [0.25, 0.3) is 0 Å². The van der Waals surface area contributed by atoms with Crippen molar-refractivity contribution in [3.8, 4) is 11.5 Å². The molecule has 0 fully saturated rings. The van der Waals surface area contributed by atoms with Crippen molar-refractivity contribution in [3.05, 3.63) is 59.4 Å². The molecule has 2 aromatic carbocycles. The Kier molecular flexibility index (Phi) is 6.05. The predicted octanol–water partition coefficient (Wildman–Crippen LogP) is 2.74. The lowest BCUT2D eigenvalue weighted by Gasteiger charge is -2.10. The van der Waals surface area contributed by atoms with Crippen LogP contribution in [0.5, 0.6) is 11.5 Å². The van der Waals surface area contributed by atoms with Crippen LogP contribution in [-0.2, 0) is 4.74 Å². The van der Waals surface area contributed by atoms with Crippen molar-refractivity contribution in [1.29, 1.82) is 0 Å². The zero-order valence-electron chi connectivity index (χ0n) is 13.5. The van der Waals surface area contributed by atoms with E-state index in [0.717, 1.165) is 0 Å². The number of hydrogen-bond donors (Lipinski definition) is 1. The lowest BCUT2D eigenvalue weighted by Crippen LogP contribution is -2.16. The van der Waals surface area contributed by atoms with E-state index in [4.69, 9.17) is 9.47 Å². The van der Waals surface area contributed by atoms with E-state index in [-0.39, 0.29) is 17.1 Å². The first-order valence-corrected chi connectivity index (χ1v) is 7.06. The van der Waals surface area contributed by atoms with Crippen LogP contribution in [0.2, 0.25) is 0 Å². The maximum Gasteiger partial charge on any atom is 0.427 e. The smallest absolute Gasteiger partial charge is 0.427 e. The zero-order chi connectivity index (χ0) is 18.2. The van der Waals surface area contributed by atoms with Gasteiger partial charge in [0.2, 0.25) is 0 Å². The molecule has 0 spiro atoms. The number of benzene rings is 2. The monoisotopic (exact) mass is 346 g/mol. The van der Waals surface area contributed by atoms with E-state index in [2.05, 4.69) is 15.3 Å². The molecule has 0 aliphatic carbocycles. The molecule has 0 atom stereocenters. The van der Waals surface area contributed by atoms with Gasteiger partial charge in [0.1, 0.15) is 5.82 Å². The molecule has 0 aliphatic rings. The zero-order valence-corrected chi connectivity index (χ0v) is 13.5. The molecule has 0 heterocycles. The predicted molar refractivity (Wildman–Crippen MR) is 87.5 cm³/mol. The summed E-state index contributed by atoms with van der Waals surface area (Å²) in [7, 11) is 2.64. The normalized spacial score (nSPS) is 10.4. The Hall–Kier alpha value is -3.42. The standard InChI is InChI=1S/C17H15FN2O5/c1-23-15-9-11(10-19-20-17(22)24-2)3-8-14(15)25-16(21)12-4-6-13(18)7-5-12/h3-10H,1-2H3,(H,20,22). The fourth-order valence-electron chi connectivity index (χ4n) is 1.80. The molecule has 0 radical (unpaired) electrons. The van der Waals surface area contributed by atoms with Crippen molar-refractivity contribution in [2.45, 2.75) is 0 Å². The third-order valence-electron chi connectivity index (χ3n) is 3.03. The summed E-state index contributed by atoms with van der Waals surface area (Å²) < 4.78 is 27.7. The second kappa shape index (κ2) is 8.44. The van der Waals surface area contributed by atoms with Gasteiger partial charge in [0, 0.05) is 0 Å². The topological polar surface area (TPSA) is 86.2 Å². The van der Waals surface area contributed by atoms with Crippen molar-refractivity contribution in [3.63, 3.8) is 0 Å². The summed E-state index contributed by atoms with van der Waals surface area (Å²) in [5.74, 6) is -0.613. The highest BCUT2D eigenvalue weighted by molar-refractivity contribution is 5.91. The molecule has 2 rings (SSSR count). The Morgan fingerprint density at radius 2 is 1.80 bits per heavy atom. The number of methoxy groups -OCH3 is 2. The van der Waals surface area contributed by atoms with Crippen molar-refractivity contribution in [2.75, 3.05) is 14.2 Å². The molecule has 1 N–H and O–H groups in total. The number of halogens is 1. The number of carbonyl (C=O) groups is 2. The minimum atomic E-state index is -0.701. The van der Waals surface area contributed by atoms with Crippen LogP contribution in [0, 0.1) is 5.82 Å². The van der Waals surface area contributed by atoms with Crippen LogP contribution < -0.4 is 14.9 Å². The highest BCUT2D eigenvalue weighted by Gasteiger charge is 2.13. The Labute approximate surface area is 143 Å². The van der Waals surface area contributed by atoms with E-state index in [1.807, 2.05) is 0 Å². The van der Waals surface area contributed by atoms with Crippen molar-refractivity contribution in [2.24, 2.45) is 5.10 Å². The van der Waals surface area contributed by atoms with E-state index in [1.165, 1.54) is 50.8 Å². The first kappa shape index (κ1) is 17.9. The molecular weight excluding hydrogens is 331 g/mol. The fourth-order valence-corrected chi connectivity index (χ4v) is 1.80. The van der Waals surface area contributed by atoms with Crippen LogP contribution in [0.4, 0.5) is 9.18 Å². The summed E-state index contributed by atoms with van der Waals surface area (Å²) in [6, 6.07) is 9.67. The number of ether oxygens (including phenoxy) is 3. The first-order chi connectivity index (χ1) is 12.0. The maximum atomic E-state index is 12.9. The molecule has 0 bridgehead atoms. The van der Waals surface area contributed by atoms with E-state index in [0.29, 0.717) is 5.56 Å². The Morgan fingerprint density at radius 1 is 1.08 bits per heavy atom. The lowest BCUT2D eigenvalue weighted by molar-refractivity contribution is 0.0729. The summed E-state index contributed by atoms with van der Waals surface area (Å²) >= 11 is 0. The number of nitrogens with zero attached hydrogens (tertiary/aromatic N) is 1. The highest BCUT2D eigenvalue weighted by Crippen LogP contribution is 2.28. The van der Waals surface area contributed by atoms with Crippen LogP contribution in [0.1, 0.15) is 15.9 Å². The van der Waals surface area contributed by atoms with E-state index >= 15 is 0 Å². The van der Waals surface area contributed by atoms with Crippen molar-refractivity contribution in [1.82, 2.24) is 5.43 Å². The molecule has 25 heavy (non-hydrogen) atoms. The number of esters is 1. The van der Waals surface area contributed by atoms with Gasteiger partial charge in [-0.2, -0.15) is 5.10 Å². The lowest BCUT2D eigenvalue weighted by atomic mass is 10.2. The number of rotatable bonds is 5. The molecule has 0 aliphatic heterocycles. The largest absolute Gasteiger partial charge is 0.493 e. The molecule has 2 aromatic rings. The third kappa shape index (κ3) is 5.03. The Balaban J connectivity index is 2.12. The van der Waals surface area contributed by atoms with E-state index < -0.39 is 17.9 Å². The summed E-state index contributed by atoms with van der Waals surface area (Å²) in [4.78, 5) is 23.0. The van der Waals surface area contributed by atoms with E-state index in [9.17, 15) is 14.0 Å². The highest BCUT2D eigenvalue weighted by atomic mass is 19.1. The van der Waals surface area contributed by atoms with Gasteiger partial charge in [-0.05, 0) is 48.0 Å². The van der Waals surface area contributed by atoms with Crippen LogP contribution in [0.3, 0.4) is 0 Å². The molecule has 8 heteroatoms. The summed E-state index contributed by atoms with van der Waals surface area (Å²) in [6.07, 6.45) is 0.665. The summed E-state index contributed by atoms with van der Waals surface area (Å²) in [5, 5.41) is 3.69. The van der Waals surface area contributed by atoms with Gasteiger partial charge in [-0.1, -0.05) is 0 Å². The quantitative estimate of drug-likeness (QED) is 0.389. The van der Waals surface area contributed by atoms with E-state index in [1.54, 1.807) is 12.1 Å². The van der Waals surface area contributed by atoms with Crippen molar-refractivity contribution >= 4 is 18.3 Å². The molecule has 0 aromatic heterocycles. The molecule has 0 unspecified atom stereocenters. The fraction of sp³-hybridized carbons (Fsp3) is 0.118. The second-order valence-electron chi connectivity index (χ2n) is 4.67. The Bertz CT molecular complexity index is 790. The average molecular weight is 346 g/mol. The molecule has 1 amide bonds. The van der Waals surface area contributed by atoms with Gasteiger partial charge in [-0.3, -0.25) is 0 Å². The minimum Gasteiger partial charge on any atom is -0.493 e. The van der Waals surface area contributed by atoms with Gasteiger partial charge >= 0.3 is 12.1 Å². The SMILES string of the molecule is COC(=O)NN=Cc1ccc(OC(=O)c2ccc(F)cc2)c(OC)c1. The first-order valence-electron chi connectivity index (χ1n) is 7.06. The minimum absolute atomic E-state index is 0.190. The van der Waals surface area contributed by atoms with Gasteiger partial charge in [-0.25, -0.2) is 19.4 Å². The third-order valence-corrected chi connectivity index (χ3v) is 3.03. The number of carbonyl (C=O) groups excluding carboxylic acids is 2. The number of hydrazone groups is 1. The molecule has 0 saturated carbocycles.